The minimum Gasteiger partial charge on any atom is -0.481 e. The molecule has 2 heterocycles. The first kappa shape index (κ1) is 22.4. The van der Waals surface area contributed by atoms with Crippen LogP contribution in [0.2, 0.25) is 10.0 Å². The largest absolute Gasteiger partial charge is 0.481 e. The van der Waals surface area contributed by atoms with E-state index >= 15 is 0 Å². The van der Waals surface area contributed by atoms with Gasteiger partial charge in [0.1, 0.15) is 21.9 Å². The molecule has 0 radical (unpaired) electrons. The summed E-state index contributed by atoms with van der Waals surface area (Å²) in [5.41, 5.74) is 0.691. The highest BCUT2D eigenvalue weighted by Gasteiger charge is 2.40. The number of carboxylic acid groups (broad SMARTS) is 2. The highest BCUT2D eigenvalue weighted by atomic mass is 35.5. The number of rotatable bonds is 7. The number of carbonyl (C=O) groups excluding carboxylic acids is 1. The molecule has 1 atom stereocenters. The lowest BCUT2D eigenvalue weighted by Gasteiger charge is -2.22. The Kier molecular flexibility index (Phi) is 6.87. The van der Waals surface area contributed by atoms with E-state index in [2.05, 4.69) is 0 Å². The van der Waals surface area contributed by atoms with Gasteiger partial charge in [0.2, 0.25) is 0 Å². The van der Waals surface area contributed by atoms with Crippen LogP contribution in [0.15, 0.2) is 39.7 Å². The number of furan rings is 1. The van der Waals surface area contributed by atoms with E-state index in [9.17, 15) is 19.5 Å². The van der Waals surface area contributed by atoms with Gasteiger partial charge in [0, 0.05) is 18.1 Å². The van der Waals surface area contributed by atoms with Gasteiger partial charge in [-0.05, 0) is 36.8 Å². The summed E-state index contributed by atoms with van der Waals surface area (Å²) >= 11 is 18.0. The average Bonchev–Trinajstić information content (AvgIpc) is 3.24. The predicted molar refractivity (Wildman–Crippen MR) is 117 cm³/mol. The standard InChI is InChI=1S/C19H13Cl2NO6S2/c20-11-3-1-9(7-12(11)21)14-5-2-10(28-14)8-15-17(25)22(19(29)30-15)13(18(26)27)4-6-16(23)24/h1-3,5,7-8,13H,4,6H2,(H,23,24)(H,26,27)/b15-8+/t13-/m1/s1. The summed E-state index contributed by atoms with van der Waals surface area (Å²) in [6.07, 6.45) is 0.793. The molecule has 2 N–H and O–H groups in total. The molecule has 1 fully saturated rings. The third-order valence-electron chi connectivity index (χ3n) is 4.16. The Morgan fingerprint density at radius 1 is 1.20 bits per heavy atom. The van der Waals surface area contributed by atoms with Gasteiger partial charge in [-0.3, -0.25) is 14.5 Å². The zero-order valence-electron chi connectivity index (χ0n) is 15.0. The predicted octanol–water partition coefficient (Wildman–Crippen LogP) is 4.77. The van der Waals surface area contributed by atoms with Crippen molar-refractivity contribution in [2.24, 2.45) is 0 Å². The maximum Gasteiger partial charge on any atom is 0.326 e. The molecule has 3 rings (SSSR count). The molecule has 1 saturated heterocycles. The molecule has 1 aromatic heterocycles. The van der Waals surface area contributed by atoms with Crippen LogP contribution >= 0.6 is 47.2 Å². The number of benzene rings is 1. The third kappa shape index (κ3) is 4.86. The van der Waals surface area contributed by atoms with Crippen molar-refractivity contribution in [1.82, 2.24) is 4.90 Å². The van der Waals surface area contributed by atoms with E-state index in [1.807, 2.05) is 0 Å². The normalized spacial score (nSPS) is 16.3. The Labute approximate surface area is 190 Å². The summed E-state index contributed by atoms with van der Waals surface area (Å²) < 4.78 is 5.77. The second-order valence-corrected chi connectivity index (χ2v) is 8.66. The van der Waals surface area contributed by atoms with Crippen LogP contribution < -0.4 is 0 Å². The summed E-state index contributed by atoms with van der Waals surface area (Å²) in [5.74, 6) is -2.24. The van der Waals surface area contributed by atoms with E-state index in [0.717, 1.165) is 16.7 Å². The fourth-order valence-electron chi connectivity index (χ4n) is 2.74. The third-order valence-corrected chi connectivity index (χ3v) is 6.23. The van der Waals surface area contributed by atoms with E-state index in [1.54, 1.807) is 30.3 Å². The summed E-state index contributed by atoms with van der Waals surface area (Å²) in [6.45, 7) is 0. The zero-order valence-corrected chi connectivity index (χ0v) is 18.1. The summed E-state index contributed by atoms with van der Waals surface area (Å²) in [6, 6.07) is 6.99. The molecule has 30 heavy (non-hydrogen) atoms. The van der Waals surface area contributed by atoms with Gasteiger partial charge in [-0.2, -0.15) is 0 Å². The van der Waals surface area contributed by atoms with Crippen LogP contribution in [-0.4, -0.2) is 43.3 Å². The molecule has 2 aromatic rings. The summed E-state index contributed by atoms with van der Waals surface area (Å²) in [5, 5.41) is 19.0. The molecule has 1 aliphatic rings. The van der Waals surface area contributed by atoms with Crippen molar-refractivity contribution < 1.29 is 29.0 Å². The van der Waals surface area contributed by atoms with Crippen molar-refractivity contribution in [2.45, 2.75) is 18.9 Å². The number of amides is 1. The van der Waals surface area contributed by atoms with Crippen molar-refractivity contribution in [3.63, 3.8) is 0 Å². The number of nitrogens with zero attached hydrogens (tertiary/aromatic N) is 1. The Morgan fingerprint density at radius 2 is 1.93 bits per heavy atom. The van der Waals surface area contributed by atoms with Crippen LogP contribution in [-0.2, 0) is 14.4 Å². The summed E-state index contributed by atoms with van der Waals surface area (Å²) in [7, 11) is 0. The number of carboxylic acids is 2. The lowest BCUT2D eigenvalue weighted by molar-refractivity contribution is -0.146. The maximum absolute atomic E-state index is 12.7. The second kappa shape index (κ2) is 9.22. The van der Waals surface area contributed by atoms with E-state index in [1.165, 1.54) is 6.08 Å². The lowest BCUT2D eigenvalue weighted by Crippen LogP contribution is -2.44. The van der Waals surface area contributed by atoms with Crippen LogP contribution in [0.3, 0.4) is 0 Å². The fraction of sp³-hybridized carbons (Fsp3) is 0.158. The molecule has 7 nitrogen and oxygen atoms in total. The van der Waals surface area contributed by atoms with E-state index in [-0.39, 0.29) is 15.6 Å². The van der Waals surface area contributed by atoms with Crippen LogP contribution in [0.5, 0.6) is 0 Å². The minimum atomic E-state index is -1.36. The van der Waals surface area contributed by atoms with Gasteiger partial charge < -0.3 is 14.6 Å². The molecule has 1 aromatic carbocycles. The first-order valence-electron chi connectivity index (χ1n) is 8.44. The van der Waals surface area contributed by atoms with Crippen molar-refractivity contribution in [3.8, 4) is 11.3 Å². The Balaban J connectivity index is 1.83. The number of halogens is 2. The first-order valence-corrected chi connectivity index (χ1v) is 10.4. The van der Waals surface area contributed by atoms with E-state index in [0.29, 0.717) is 27.1 Å². The Hall–Kier alpha value is -2.33. The molecule has 0 unspecified atom stereocenters. The Morgan fingerprint density at radius 3 is 2.57 bits per heavy atom. The smallest absolute Gasteiger partial charge is 0.326 e. The molecule has 0 aliphatic carbocycles. The van der Waals surface area contributed by atoms with Crippen LogP contribution in [0, 0.1) is 0 Å². The number of thiocarbonyl (C=S) groups is 1. The molecule has 156 valence electrons. The molecular weight excluding hydrogens is 473 g/mol. The molecule has 0 bridgehead atoms. The number of aliphatic carboxylic acids is 2. The number of hydrogen-bond donors (Lipinski definition) is 2. The highest BCUT2D eigenvalue weighted by molar-refractivity contribution is 8.26. The molecule has 0 spiro atoms. The van der Waals surface area contributed by atoms with E-state index in [4.69, 9.17) is 44.9 Å². The van der Waals surface area contributed by atoms with Gasteiger partial charge in [0.25, 0.3) is 5.91 Å². The minimum absolute atomic E-state index is 0.0419. The van der Waals surface area contributed by atoms with Crippen molar-refractivity contribution in [1.29, 1.82) is 0 Å². The topological polar surface area (TPSA) is 108 Å². The van der Waals surface area contributed by atoms with Gasteiger partial charge in [-0.15, -0.1) is 0 Å². The van der Waals surface area contributed by atoms with Crippen LogP contribution in [0.1, 0.15) is 18.6 Å². The Bertz CT molecular complexity index is 1080. The van der Waals surface area contributed by atoms with Crippen LogP contribution in [0.4, 0.5) is 0 Å². The number of hydrogen-bond acceptors (Lipinski definition) is 6. The van der Waals surface area contributed by atoms with Gasteiger partial charge in [-0.25, -0.2) is 4.79 Å². The summed E-state index contributed by atoms with van der Waals surface area (Å²) in [4.78, 5) is 36.2. The molecule has 1 aliphatic heterocycles. The monoisotopic (exact) mass is 485 g/mol. The van der Waals surface area contributed by atoms with Gasteiger partial charge >= 0.3 is 11.9 Å². The van der Waals surface area contributed by atoms with Crippen LogP contribution in [0.25, 0.3) is 17.4 Å². The first-order chi connectivity index (χ1) is 14.2. The SMILES string of the molecule is O=C(O)CC[C@H](C(=O)O)N1C(=O)/C(=C\c2ccc(-c3ccc(Cl)c(Cl)c3)o2)SC1=S. The molecule has 0 saturated carbocycles. The van der Waals surface area contributed by atoms with Crippen molar-refractivity contribution in [3.05, 3.63) is 51.0 Å². The second-order valence-electron chi connectivity index (χ2n) is 6.17. The van der Waals surface area contributed by atoms with Gasteiger partial charge in [-0.1, -0.05) is 47.2 Å². The zero-order chi connectivity index (χ0) is 22.0. The quantitative estimate of drug-likeness (QED) is 0.426. The maximum atomic E-state index is 12.7. The fourth-order valence-corrected chi connectivity index (χ4v) is 4.37. The van der Waals surface area contributed by atoms with E-state index < -0.39 is 30.3 Å². The van der Waals surface area contributed by atoms with Crippen molar-refractivity contribution in [2.75, 3.05) is 0 Å². The molecule has 11 heteroatoms. The lowest BCUT2D eigenvalue weighted by atomic mass is 10.1. The number of thioether (sulfide) groups is 1. The highest BCUT2D eigenvalue weighted by Crippen LogP contribution is 2.36. The van der Waals surface area contributed by atoms with Gasteiger partial charge in [0.15, 0.2) is 0 Å². The number of carbonyl (C=O) groups is 3. The molecular formula is C19H13Cl2NO6S2. The molecule has 1 amide bonds. The average molecular weight is 486 g/mol. The van der Waals surface area contributed by atoms with Crippen molar-refractivity contribution >= 4 is 75.4 Å². The van der Waals surface area contributed by atoms with Gasteiger partial charge in [0.05, 0.1) is 15.0 Å².